The van der Waals surface area contributed by atoms with Crippen LogP contribution in [0.5, 0.6) is 0 Å². The number of rotatable bonds is 4. The maximum atomic E-state index is 5.21. The third kappa shape index (κ3) is 3.30. The van der Waals surface area contributed by atoms with Gasteiger partial charge in [-0.2, -0.15) is 0 Å². The smallest absolute Gasteiger partial charge is 0.388 e. The lowest BCUT2D eigenvalue weighted by Crippen LogP contribution is -2.22. The van der Waals surface area contributed by atoms with E-state index in [1.54, 1.807) is 14.2 Å². The average molecular weight is 195 g/mol. The first kappa shape index (κ1) is 10.4. The topological polar surface area (TPSA) is 18.5 Å². The maximum absolute atomic E-state index is 5.21. The highest BCUT2D eigenvalue weighted by Gasteiger charge is 2.12. The van der Waals surface area contributed by atoms with Gasteiger partial charge in [0, 0.05) is 20.3 Å². The summed E-state index contributed by atoms with van der Waals surface area (Å²) in [6.07, 6.45) is 0. The molecule has 0 N–H and O–H groups in total. The molecule has 0 unspecified atom stereocenters. The Balaban J connectivity index is 2.58. The van der Waals surface area contributed by atoms with Crippen molar-refractivity contribution in [2.75, 3.05) is 14.2 Å². The molecule has 13 heavy (non-hydrogen) atoms. The van der Waals surface area contributed by atoms with Crippen molar-refractivity contribution in [3.05, 3.63) is 35.4 Å². The summed E-state index contributed by atoms with van der Waals surface area (Å²) in [7, 11) is 2.31. The zero-order chi connectivity index (χ0) is 9.68. The molecule has 1 rings (SSSR count). The van der Waals surface area contributed by atoms with Gasteiger partial charge in [-0.25, -0.2) is 0 Å². The second-order valence-electron chi connectivity index (χ2n) is 2.94. The van der Waals surface area contributed by atoms with Crippen LogP contribution in [0.15, 0.2) is 24.3 Å². The molecule has 0 saturated heterocycles. The number of hydrogen-bond acceptors (Lipinski definition) is 2. The van der Waals surface area contributed by atoms with Gasteiger partial charge in [-0.1, -0.05) is 29.8 Å². The van der Waals surface area contributed by atoms with Crippen molar-refractivity contribution in [2.45, 2.75) is 13.0 Å². The molecular formula is C10H15O2Si. The maximum Gasteiger partial charge on any atom is 0.388 e. The third-order valence-electron chi connectivity index (χ3n) is 1.92. The zero-order valence-corrected chi connectivity index (χ0v) is 9.33. The zero-order valence-electron chi connectivity index (χ0n) is 8.33. The average Bonchev–Trinajstić information content (AvgIpc) is 2.17. The Hall–Kier alpha value is -0.643. The molecule has 0 heterocycles. The summed E-state index contributed by atoms with van der Waals surface area (Å²) < 4.78 is 10.4. The van der Waals surface area contributed by atoms with Crippen LogP contribution in [0.2, 0.25) is 0 Å². The van der Waals surface area contributed by atoms with E-state index >= 15 is 0 Å². The molecule has 0 atom stereocenters. The van der Waals surface area contributed by atoms with Gasteiger partial charge in [0.25, 0.3) is 0 Å². The molecule has 0 amide bonds. The lowest BCUT2D eigenvalue weighted by molar-refractivity contribution is 0.277. The fourth-order valence-corrected chi connectivity index (χ4v) is 2.12. The lowest BCUT2D eigenvalue weighted by atomic mass is 10.2. The first-order chi connectivity index (χ1) is 6.26. The fourth-order valence-electron chi connectivity index (χ4n) is 1.10. The van der Waals surface area contributed by atoms with E-state index in [0.29, 0.717) is 0 Å². The molecule has 1 aromatic rings. The highest BCUT2D eigenvalue weighted by Crippen LogP contribution is 2.05. The van der Waals surface area contributed by atoms with E-state index in [1.807, 2.05) is 0 Å². The molecule has 0 spiro atoms. The molecule has 0 saturated carbocycles. The van der Waals surface area contributed by atoms with E-state index in [4.69, 9.17) is 8.85 Å². The Morgan fingerprint density at radius 1 is 1.08 bits per heavy atom. The first-order valence-electron chi connectivity index (χ1n) is 4.25. The molecule has 2 nitrogen and oxygen atoms in total. The van der Waals surface area contributed by atoms with Gasteiger partial charge in [0.05, 0.1) is 0 Å². The fraction of sp³-hybridized carbons (Fsp3) is 0.400. The molecule has 3 heteroatoms. The highest BCUT2D eigenvalue weighted by molar-refractivity contribution is 6.43. The largest absolute Gasteiger partial charge is 0.397 e. The van der Waals surface area contributed by atoms with Crippen molar-refractivity contribution in [1.29, 1.82) is 0 Å². The van der Waals surface area contributed by atoms with Crippen molar-refractivity contribution in [3.8, 4) is 0 Å². The normalized spacial score (nSPS) is 10.8. The van der Waals surface area contributed by atoms with Crippen LogP contribution in [0.25, 0.3) is 0 Å². The van der Waals surface area contributed by atoms with Gasteiger partial charge < -0.3 is 8.85 Å². The summed E-state index contributed by atoms with van der Waals surface area (Å²) in [4.78, 5) is 0. The van der Waals surface area contributed by atoms with E-state index < -0.39 is 9.28 Å². The summed E-state index contributed by atoms with van der Waals surface area (Å²) in [6, 6.07) is 9.37. The second kappa shape index (κ2) is 5.17. The Labute approximate surface area is 81.3 Å². The van der Waals surface area contributed by atoms with E-state index in [0.717, 1.165) is 6.04 Å². The van der Waals surface area contributed by atoms with Crippen LogP contribution in [0.3, 0.4) is 0 Å². The minimum atomic E-state index is -1.09. The van der Waals surface area contributed by atoms with Crippen LogP contribution in [-0.4, -0.2) is 23.5 Å². The Morgan fingerprint density at radius 3 is 2.08 bits per heavy atom. The van der Waals surface area contributed by atoms with Gasteiger partial charge in [0.15, 0.2) is 0 Å². The summed E-state index contributed by atoms with van der Waals surface area (Å²) in [5.74, 6) is 0. The molecule has 0 aliphatic heterocycles. The van der Waals surface area contributed by atoms with Crippen molar-refractivity contribution < 1.29 is 8.85 Å². The minimum Gasteiger partial charge on any atom is -0.397 e. The Kier molecular flexibility index (Phi) is 4.15. The van der Waals surface area contributed by atoms with E-state index in [9.17, 15) is 0 Å². The predicted molar refractivity (Wildman–Crippen MR) is 54.7 cm³/mol. The van der Waals surface area contributed by atoms with Gasteiger partial charge in [-0.15, -0.1) is 0 Å². The number of benzene rings is 1. The molecule has 0 aromatic heterocycles. The van der Waals surface area contributed by atoms with E-state index in [2.05, 4.69) is 31.2 Å². The Bertz CT molecular complexity index is 242. The number of aryl methyl sites for hydroxylation is 1. The van der Waals surface area contributed by atoms with Crippen molar-refractivity contribution in [1.82, 2.24) is 0 Å². The van der Waals surface area contributed by atoms with Gasteiger partial charge in [-0.05, 0) is 12.5 Å². The summed E-state index contributed by atoms with van der Waals surface area (Å²) in [5, 5.41) is 0. The van der Waals surface area contributed by atoms with Crippen LogP contribution in [0.1, 0.15) is 11.1 Å². The quantitative estimate of drug-likeness (QED) is 0.683. The van der Waals surface area contributed by atoms with Crippen LogP contribution in [-0.2, 0) is 14.9 Å². The number of hydrogen-bond donors (Lipinski definition) is 0. The molecule has 0 aliphatic carbocycles. The van der Waals surface area contributed by atoms with Crippen molar-refractivity contribution in [3.63, 3.8) is 0 Å². The minimum absolute atomic E-state index is 0.901. The lowest BCUT2D eigenvalue weighted by Gasteiger charge is -2.08. The first-order valence-corrected chi connectivity index (χ1v) is 5.78. The van der Waals surface area contributed by atoms with Crippen molar-refractivity contribution in [2.24, 2.45) is 0 Å². The molecule has 0 fully saturated rings. The van der Waals surface area contributed by atoms with Gasteiger partial charge in [0.2, 0.25) is 0 Å². The van der Waals surface area contributed by atoms with E-state index in [-0.39, 0.29) is 0 Å². The summed E-state index contributed by atoms with van der Waals surface area (Å²) >= 11 is 0. The monoisotopic (exact) mass is 195 g/mol. The van der Waals surface area contributed by atoms with Crippen molar-refractivity contribution >= 4 is 9.28 Å². The highest BCUT2D eigenvalue weighted by atomic mass is 28.3. The predicted octanol–water partition coefficient (Wildman–Crippen LogP) is 1.86. The molecule has 0 bridgehead atoms. The molecule has 1 aromatic carbocycles. The molecular weight excluding hydrogens is 180 g/mol. The SMILES string of the molecule is CO[Si](Cc1ccc(C)cc1)OC. The summed E-state index contributed by atoms with van der Waals surface area (Å²) in [5.41, 5.74) is 2.57. The van der Waals surface area contributed by atoms with Gasteiger partial charge in [0.1, 0.15) is 0 Å². The second-order valence-corrected chi connectivity index (χ2v) is 4.86. The Morgan fingerprint density at radius 2 is 1.62 bits per heavy atom. The molecule has 1 radical (unpaired) electrons. The van der Waals surface area contributed by atoms with Crippen LogP contribution < -0.4 is 0 Å². The standard InChI is InChI=1S/C10H15O2Si/c1-9-4-6-10(7-5-9)8-13(11-2)12-3/h4-7H,8H2,1-3H3. The molecule has 0 aliphatic rings. The van der Waals surface area contributed by atoms with Gasteiger partial charge in [-0.3, -0.25) is 0 Å². The van der Waals surface area contributed by atoms with Crippen LogP contribution >= 0.6 is 0 Å². The third-order valence-corrected chi connectivity index (χ3v) is 3.53. The van der Waals surface area contributed by atoms with Crippen LogP contribution in [0, 0.1) is 6.92 Å². The van der Waals surface area contributed by atoms with Gasteiger partial charge >= 0.3 is 9.28 Å². The molecule has 71 valence electrons. The van der Waals surface area contributed by atoms with E-state index in [1.165, 1.54) is 11.1 Å². The summed E-state index contributed by atoms with van der Waals surface area (Å²) in [6.45, 7) is 2.09. The van der Waals surface area contributed by atoms with Crippen LogP contribution in [0.4, 0.5) is 0 Å².